The van der Waals surface area contributed by atoms with E-state index in [1.165, 1.54) is 16.6 Å². The number of sulfonamides is 1. The van der Waals surface area contributed by atoms with Crippen LogP contribution in [0.1, 0.15) is 43.1 Å². The van der Waals surface area contributed by atoms with E-state index in [1.54, 1.807) is 11.6 Å². The van der Waals surface area contributed by atoms with Gasteiger partial charge in [-0.05, 0) is 43.6 Å². The maximum Gasteiger partial charge on any atom is 0.267 e. The molecule has 3 N–H and O–H groups in total. The van der Waals surface area contributed by atoms with Crippen LogP contribution in [0.3, 0.4) is 0 Å². The van der Waals surface area contributed by atoms with Gasteiger partial charge in [0.1, 0.15) is 10.6 Å². The number of carbonyl (C=O) groups excluding carboxylic acids is 1. The SMILES string of the molecule is CC1CCCN(S(=O)(=O)c2cc(C(=O)NCC(N)C3CC3)n(C)c2)C1. The molecule has 1 saturated carbocycles. The Morgan fingerprint density at radius 3 is 2.76 bits per heavy atom. The molecule has 1 aliphatic heterocycles. The summed E-state index contributed by atoms with van der Waals surface area (Å²) < 4.78 is 28.8. The number of hydrogen-bond acceptors (Lipinski definition) is 4. The third-order valence-corrected chi connectivity index (χ3v) is 7.03. The fourth-order valence-electron chi connectivity index (χ4n) is 3.41. The van der Waals surface area contributed by atoms with Gasteiger partial charge in [-0.3, -0.25) is 4.79 Å². The van der Waals surface area contributed by atoms with E-state index >= 15 is 0 Å². The first-order valence-corrected chi connectivity index (χ1v) is 10.4. The molecule has 2 atom stereocenters. The number of aromatic nitrogens is 1. The van der Waals surface area contributed by atoms with E-state index < -0.39 is 10.0 Å². The molecule has 1 saturated heterocycles. The van der Waals surface area contributed by atoms with Crippen molar-refractivity contribution in [3.8, 4) is 0 Å². The van der Waals surface area contributed by atoms with Crippen molar-refractivity contribution < 1.29 is 13.2 Å². The van der Waals surface area contributed by atoms with Crippen molar-refractivity contribution >= 4 is 15.9 Å². The van der Waals surface area contributed by atoms with Gasteiger partial charge in [-0.1, -0.05) is 6.92 Å². The Bertz CT molecular complexity index is 739. The summed E-state index contributed by atoms with van der Waals surface area (Å²) in [7, 11) is -1.87. The van der Waals surface area contributed by atoms with E-state index in [0.717, 1.165) is 25.7 Å². The third-order valence-electron chi connectivity index (χ3n) is 5.20. The van der Waals surface area contributed by atoms with Crippen LogP contribution in [0.25, 0.3) is 0 Å². The van der Waals surface area contributed by atoms with Gasteiger partial charge in [0.15, 0.2) is 0 Å². The van der Waals surface area contributed by atoms with E-state index in [2.05, 4.69) is 12.2 Å². The minimum atomic E-state index is -3.56. The van der Waals surface area contributed by atoms with Crippen molar-refractivity contribution in [2.45, 2.75) is 43.5 Å². The Morgan fingerprint density at radius 1 is 1.40 bits per heavy atom. The van der Waals surface area contributed by atoms with E-state index in [1.807, 2.05) is 0 Å². The van der Waals surface area contributed by atoms with Crippen molar-refractivity contribution in [2.75, 3.05) is 19.6 Å². The van der Waals surface area contributed by atoms with Gasteiger partial charge in [0.05, 0.1) is 0 Å². The number of nitrogens with one attached hydrogen (secondary N) is 1. The van der Waals surface area contributed by atoms with Crippen LogP contribution >= 0.6 is 0 Å². The minimum absolute atomic E-state index is 0.0257. The van der Waals surface area contributed by atoms with Crippen molar-refractivity contribution in [2.24, 2.45) is 24.6 Å². The van der Waals surface area contributed by atoms with Crippen LogP contribution in [-0.2, 0) is 17.1 Å². The lowest BCUT2D eigenvalue weighted by atomic mass is 10.0. The maximum absolute atomic E-state index is 12.8. The lowest BCUT2D eigenvalue weighted by molar-refractivity contribution is 0.0942. The number of piperidine rings is 1. The van der Waals surface area contributed by atoms with E-state index in [9.17, 15) is 13.2 Å². The second kappa shape index (κ2) is 7.09. The molecule has 2 aliphatic rings. The summed E-state index contributed by atoms with van der Waals surface area (Å²) in [6, 6.07) is 1.44. The highest BCUT2D eigenvalue weighted by molar-refractivity contribution is 7.89. The Balaban J connectivity index is 1.71. The summed E-state index contributed by atoms with van der Waals surface area (Å²) in [4.78, 5) is 12.6. The second-order valence-corrected chi connectivity index (χ2v) is 9.43. The van der Waals surface area contributed by atoms with E-state index in [-0.39, 0.29) is 16.8 Å². The smallest absolute Gasteiger partial charge is 0.267 e. The van der Waals surface area contributed by atoms with Crippen molar-refractivity contribution in [1.29, 1.82) is 0 Å². The van der Waals surface area contributed by atoms with Gasteiger partial charge < -0.3 is 15.6 Å². The molecule has 1 aliphatic carbocycles. The number of amides is 1. The molecule has 7 nitrogen and oxygen atoms in total. The van der Waals surface area contributed by atoms with Gasteiger partial charge in [0.2, 0.25) is 10.0 Å². The molecule has 1 amide bonds. The van der Waals surface area contributed by atoms with Crippen molar-refractivity contribution in [3.05, 3.63) is 18.0 Å². The normalized spacial score (nSPS) is 23.4. The first kappa shape index (κ1) is 18.4. The number of aryl methyl sites for hydroxylation is 1. The Hall–Kier alpha value is -1.38. The number of hydrogen-bond donors (Lipinski definition) is 2. The van der Waals surface area contributed by atoms with Crippen LogP contribution in [0.5, 0.6) is 0 Å². The zero-order valence-corrected chi connectivity index (χ0v) is 15.8. The molecule has 0 bridgehead atoms. The van der Waals surface area contributed by atoms with E-state index in [4.69, 9.17) is 5.73 Å². The number of nitrogens with two attached hydrogens (primary N) is 1. The molecule has 8 heteroatoms. The summed E-state index contributed by atoms with van der Waals surface area (Å²) in [6.45, 7) is 3.56. The van der Waals surface area contributed by atoms with Gasteiger partial charge in [0, 0.05) is 38.9 Å². The van der Waals surface area contributed by atoms with Gasteiger partial charge in [-0.2, -0.15) is 4.31 Å². The van der Waals surface area contributed by atoms with Crippen LogP contribution in [0, 0.1) is 11.8 Å². The van der Waals surface area contributed by atoms with Crippen LogP contribution < -0.4 is 11.1 Å². The lowest BCUT2D eigenvalue weighted by Crippen LogP contribution is -2.39. The zero-order chi connectivity index (χ0) is 18.2. The predicted molar refractivity (Wildman–Crippen MR) is 95.6 cm³/mol. The number of carbonyl (C=O) groups is 1. The Morgan fingerprint density at radius 2 is 2.12 bits per heavy atom. The maximum atomic E-state index is 12.8. The van der Waals surface area contributed by atoms with Gasteiger partial charge in [-0.25, -0.2) is 8.42 Å². The van der Waals surface area contributed by atoms with Crippen LogP contribution in [-0.4, -0.2) is 48.9 Å². The molecule has 0 aromatic carbocycles. The summed E-state index contributed by atoms with van der Waals surface area (Å²) in [6.07, 6.45) is 5.69. The average Bonchev–Trinajstić information content (AvgIpc) is 3.34. The average molecular weight is 369 g/mol. The van der Waals surface area contributed by atoms with Crippen LogP contribution in [0.4, 0.5) is 0 Å². The summed E-state index contributed by atoms with van der Waals surface area (Å²) in [5.41, 5.74) is 6.34. The molecule has 25 heavy (non-hydrogen) atoms. The lowest BCUT2D eigenvalue weighted by Gasteiger charge is -2.29. The largest absolute Gasteiger partial charge is 0.349 e. The number of rotatable bonds is 6. The molecule has 140 valence electrons. The first-order chi connectivity index (χ1) is 11.8. The molecule has 2 fully saturated rings. The highest BCUT2D eigenvalue weighted by Crippen LogP contribution is 2.31. The van der Waals surface area contributed by atoms with E-state index in [0.29, 0.717) is 37.2 Å². The molecule has 0 spiro atoms. The first-order valence-electron chi connectivity index (χ1n) is 8.99. The Labute approximate surface area is 149 Å². The van der Waals surface area contributed by atoms with Crippen molar-refractivity contribution in [3.63, 3.8) is 0 Å². The summed E-state index contributed by atoms with van der Waals surface area (Å²) >= 11 is 0. The molecule has 2 unspecified atom stereocenters. The fraction of sp³-hybridized carbons (Fsp3) is 0.706. The van der Waals surface area contributed by atoms with Gasteiger partial charge in [-0.15, -0.1) is 0 Å². The molecular weight excluding hydrogens is 340 g/mol. The standard InChI is InChI=1S/C17H28N4O3S/c1-12-4-3-7-21(10-12)25(23,24)14-8-16(20(2)11-14)17(22)19-9-15(18)13-5-6-13/h8,11-13,15H,3-7,9-10,18H2,1-2H3,(H,19,22). The molecule has 0 radical (unpaired) electrons. The summed E-state index contributed by atoms with van der Waals surface area (Å²) in [5.74, 6) is 0.580. The molecule has 2 heterocycles. The fourth-order valence-corrected chi connectivity index (χ4v) is 5.08. The quantitative estimate of drug-likeness (QED) is 0.780. The number of nitrogens with zero attached hydrogens (tertiary/aromatic N) is 2. The monoisotopic (exact) mass is 368 g/mol. The molecule has 3 rings (SSSR count). The molecular formula is C17H28N4O3S. The predicted octanol–water partition coefficient (Wildman–Crippen LogP) is 0.913. The molecule has 1 aromatic heterocycles. The third kappa shape index (κ3) is 4.07. The van der Waals surface area contributed by atoms with Crippen molar-refractivity contribution in [1.82, 2.24) is 14.2 Å². The van der Waals surface area contributed by atoms with Gasteiger partial charge >= 0.3 is 0 Å². The Kier molecular flexibility index (Phi) is 5.22. The summed E-state index contributed by atoms with van der Waals surface area (Å²) in [5, 5.41) is 2.82. The van der Waals surface area contributed by atoms with Crippen LogP contribution in [0.15, 0.2) is 17.2 Å². The zero-order valence-electron chi connectivity index (χ0n) is 14.9. The second-order valence-electron chi connectivity index (χ2n) is 7.49. The minimum Gasteiger partial charge on any atom is -0.349 e. The highest BCUT2D eigenvalue weighted by atomic mass is 32.2. The topological polar surface area (TPSA) is 97.4 Å². The van der Waals surface area contributed by atoms with Gasteiger partial charge in [0.25, 0.3) is 5.91 Å². The van der Waals surface area contributed by atoms with Crippen LogP contribution in [0.2, 0.25) is 0 Å². The molecule has 1 aromatic rings. The highest BCUT2D eigenvalue weighted by Gasteiger charge is 2.31.